The van der Waals surface area contributed by atoms with E-state index in [-0.39, 0.29) is 11.9 Å². The topological polar surface area (TPSA) is 62.3 Å². The van der Waals surface area contributed by atoms with Gasteiger partial charge in [0.05, 0.1) is 12.6 Å². The molecule has 2 heterocycles. The predicted octanol–water partition coefficient (Wildman–Crippen LogP) is 3.83. The van der Waals surface area contributed by atoms with Crippen LogP contribution >= 0.6 is 11.8 Å². The first-order chi connectivity index (χ1) is 11.7. The second kappa shape index (κ2) is 7.81. The number of anilines is 1. The molecule has 128 valence electrons. The zero-order valence-electron chi connectivity index (χ0n) is 13.8. The van der Waals surface area contributed by atoms with Gasteiger partial charge >= 0.3 is 0 Å². The molecule has 2 N–H and O–H groups in total. The number of benzene rings is 1. The van der Waals surface area contributed by atoms with E-state index in [9.17, 15) is 4.39 Å². The van der Waals surface area contributed by atoms with Gasteiger partial charge in [-0.15, -0.1) is 0 Å². The number of nitrogens with one attached hydrogen (secondary N) is 2. The fourth-order valence-electron chi connectivity index (χ4n) is 2.74. The summed E-state index contributed by atoms with van der Waals surface area (Å²) in [7, 11) is 0. The number of halogens is 1. The minimum absolute atomic E-state index is 0.195. The van der Waals surface area contributed by atoms with Crippen LogP contribution in [0.15, 0.2) is 29.3 Å². The number of nitrogens with zero attached hydrogens (tertiary/aromatic N) is 2. The summed E-state index contributed by atoms with van der Waals surface area (Å²) in [6.07, 6.45) is 4.29. The van der Waals surface area contributed by atoms with Crippen LogP contribution in [-0.4, -0.2) is 40.9 Å². The first-order valence-electron chi connectivity index (χ1n) is 7.96. The van der Waals surface area contributed by atoms with Crippen LogP contribution in [-0.2, 0) is 4.74 Å². The number of ether oxygens (including phenoxy) is 1. The molecule has 7 heteroatoms. The minimum Gasteiger partial charge on any atom is -0.376 e. The molecular weight excluding hydrogens is 327 g/mol. The normalized spacial score (nSPS) is 18.1. The molecule has 1 unspecified atom stereocenters. The lowest BCUT2D eigenvalue weighted by atomic mass is 10.1. The molecule has 1 aromatic carbocycles. The van der Waals surface area contributed by atoms with Crippen LogP contribution < -0.4 is 5.32 Å². The lowest BCUT2D eigenvalue weighted by Gasteiger charge is -2.10. The number of amidine groups is 1. The standard InChI is InChI=1S/C17H21FN4OS/c1-11-15(13-7-3-4-8-14(13)18)16(22-21-11)20-17(24-2)19-10-12-6-5-9-23-12/h3-4,7-8,12H,5-6,9-10H2,1-2H3,(H2,19,20,21,22). The molecule has 5 nitrogen and oxygen atoms in total. The van der Waals surface area contributed by atoms with E-state index in [1.165, 1.54) is 17.8 Å². The van der Waals surface area contributed by atoms with E-state index >= 15 is 0 Å². The van der Waals surface area contributed by atoms with Crippen molar-refractivity contribution in [3.8, 4) is 11.1 Å². The van der Waals surface area contributed by atoms with Gasteiger partial charge in [-0.2, -0.15) is 5.10 Å². The summed E-state index contributed by atoms with van der Waals surface area (Å²) in [5.74, 6) is 0.310. The van der Waals surface area contributed by atoms with Crippen LogP contribution in [0.4, 0.5) is 10.2 Å². The number of aromatic amines is 1. The van der Waals surface area contributed by atoms with Gasteiger partial charge in [0.25, 0.3) is 0 Å². The van der Waals surface area contributed by atoms with Gasteiger partial charge in [0, 0.05) is 23.4 Å². The number of hydrogen-bond acceptors (Lipinski definition) is 4. The summed E-state index contributed by atoms with van der Waals surface area (Å²) in [6, 6.07) is 6.70. The Kier molecular flexibility index (Phi) is 5.52. The third kappa shape index (κ3) is 3.79. The van der Waals surface area contributed by atoms with Crippen molar-refractivity contribution in [1.82, 2.24) is 10.2 Å². The van der Waals surface area contributed by atoms with Gasteiger partial charge < -0.3 is 10.1 Å². The lowest BCUT2D eigenvalue weighted by molar-refractivity contribution is 0.118. The molecular formula is C17H21FN4OS. The average Bonchev–Trinajstić information content (AvgIpc) is 3.22. The van der Waals surface area contributed by atoms with Crippen molar-refractivity contribution >= 4 is 22.7 Å². The summed E-state index contributed by atoms with van der Waals surface area (Å²) in [5.41, 5.74) is 2.06. The van der Waals surface area contributed by atoms with Gasteiger partial charge in [0.1, 0.15) is 5.82 Å². The van der Waals surface area contributed by atoms with Crippen molar-refractivity contribution in [3.05, 3.63) is 35.8 Å². The molecule has 0 radical (unpaired) electrons. The number of rotatable bonds is 4. The van der Waals surface area contributed by atoms with Gasteiger partial charge in [-0.1, -0.05) is 30.0 Å². The van der Waals surface area contributed by atoms with Crippen LogP contribution in [0.25, 0.3) is 11.1 Å². The van der Waals surface area contributed by atoms with Crippen LogP contribution in [0.1, 0.15) is 18.5 Å². The molecule has 24 heavy (non-hydrogen) atoms. The smallest absolute Gasteiger partial charge is 0.162 e. The highest BCUT2D eigenvalue weighted by Gasteiger charge is 2.18. The Hall–Kier alpha value is -1.86. The van der Waals surface area contributed by atoms with Gasteiger partial charge in [-0.3, -0.25) is 10.1 Å². The number of thioether (sulfide) groups is 1. The molecule has 0 spiro atoms. The molecule has 1 aliphatic heterocycles. The number of H-pyrrole nitrogens is 1. The molecule has 1 aliphatic rings. The zero-order chi connectivity index (χ0) is 16.9. The Morgan fingerprint density at radius 2 is 2.33 bits per heavy atom. The Morgan fingerprint density at radius 1 is 1.50 bits per heavy atom. The quantitative estimate of drug-likeness (QED) is 0.651. The fraction of sp³-hybridized carbons (Fsp3) is 0.412. The van der Waals surface area contributed by atoms with Gasteiger partial charge in [0.2, 0.25) is 0 Å². The second-order valence-corrected chi connectivity index (χ2v) is 6.46. The second-order valence-electron chi connectivity index (χ2n) is 5.66. The summed E-state index contributed by atoms with van der Waals surface area (Å²) in [4.78, 5) is 4.58. The summed E-state index contributed by atoms with van der Waals surface area (Å²) < 4.78 is 19.8. The maximum atomic E-state index is 14.2. The Bertz CT molecular complexity index is 725. The van der Waals surface area contributed by atoms with Crippen LogP contribution in [0.2, 0.25) is 0 Å². The van der Waals surface area contributed by atoms with E-state index in [0.29, 0.717) is 17.9 Å². The van der Waals surface area contributed by atoms with E-state index in [2.05, 4.69) is 20.5 Å². The fourth-order valence-corrected chi connectivity index (χ4v) is 3.14. The molecule has 1 fully saturated rings. The predicted molar refractivity (Wildman–Crippen MR) is 97.1 cm³/mol. The third-order valence-electron chi connectivity index (χ3n) is 3.97. The van der Waals surface area contributed by atoms with Crippen LogP contribution in [0, 0.1) is 12.7 Å². The molecule has 1 atom stereocenters. The van der Waals surface area contributed by atoms with E-state index in [1.54, 1.807) is 12.1 Å². The van der Waals surface area contributed by atoms with Crippen molar-refractivity contribution in [2.24, 2.45) is 4.99 Å². The summed E-state index contributed by atoms with van der Waals surface area (Å²) >= 11 is 1.50. The van der Waals surface area contributed by atoms with Gasteiger partial charge in [0.15, 0.2) is 11.0 Å². The monoisotopic (exact) mass is 348 g/mol. The maximum absolute atomic E-state index is 14.2. The van der Waals surface area contributed by atoms with E-state index in [0.717, 1.165) is 35.9 Å². The number of aryl methyl sites for hydroxylation is 1. The number of aromatic nitrogens is 2. The van der Waals surface area contributed by atoms with Crippen molar-refractivity contribution in [1.29, 1.82) is 0 Å². The summed E-state index contributed by atoms with van der Waals surface area (Å²) in [5, 5.41) is 11.2. The molecule has 0 amide bonds. The summed E-state index contributed by atoms with van der Waals surface area (Å²) in [6.45, 7) is 3.32. The highest BCUT2D eigenvalue weighted by Crippen LogP contribution is 2.31. The first kappa shape index (κ1) is 17.0. The van der Waals surface area contributed by atoms with Gasteiger partial charge in [-0.05, 0) is 32.1 Å². The number of aliphatic imine (C=N–C) groups is 1. The van der Waals surface area contributed by atoms with Crippen molar-refractivity contribution in [2.45, 2.75) is 25.9 Å². The maximum Gasteiger partial charge on any atom is 0.162 e. The largest absolute Gasteiger partial charge is 0.376 e. The van der Waals surface area contributed by atoms with Crippen LogP contribution in [0.5, 0.6) is 0 Å². The SMILES string of the molecule is CSC(=NCC1CCCO1)Nc1n[nH]c(C)c1-c1ccccc1F. The first-order valence-corrected chi connectivity index (χ1v) is 9.18. The minimum atomic E-state index is -0.271. The average molecular weight is 348 g/mol. The molecule has 1 saturated heterocycles. The van der Waals surface area contributed by atoms with E-state index in [4.69, 9.17) is 4.74 Å². The van der Waals surface area contributed by atoms with Gasteiger partial charge in [-0.25, -0.2) is 4.39 Å². The van der Waals surface area contributed by atoms with Crippen molar-refractivity contribution in [3.63, 3.8) is 0 Å². The molecule has 0 bridgehead atoms. The Morgan fingerprint density at radius 3 is 3.04 bits per heavy atom. The lowest BCUT2D eigenvalue weighted by Crippen LogP contribution is -2.15. The van der Waals surface area contributed by atoms with Crippen molar-refractivity contribution in [2.75, 3.05) is 24.7 Å². The molecule has 0 saturated carbocycles. The molecule has 1 aromatic heterocycles. The number of hydrogen-bond donors (Lipinski definition) is 2. The Labute approximate surface area is 145 Å². The highest BCUT2D eigenvalue weighted by atomic mass is 32.2. The molecule has 0 aliphatic carbocycles. The zero-order valence-corrected chi connectivity index (χ0v) is 14.6. The van der Waals surface area contributed by atoms with Crippen LogP contribution in [0.3, 0.4) is 0 Å². The third-order valence-corrected chi connectivity index (χ3v) is 4.59. The van der Waals surface area contributed by atoms with E-state index < -0.39 is 0 Å². The van der Waals surface area contributed by atoms with E-state index in [1.807, 2.05) is 19.2 Å². The molecule has 2 aromatic rings. The highest BCUT2D eigenvalue weighted by molar-refractivity contribution is 8.13. The Balaban J connectivity index is 1.82. The van der Waals surface area contributed by atoms with Crippen molar-refractivity contribution < 1.29 is 9.13 Å². The molecule has 3 rings (SSSR count).